The molecule has 28 heavy (non-hydrogen) atoms. The van der Waals surface area contributed by atoms with Crippen molar-refractivity contribution in [2.24, 2.45) is 0 Å². The highest BCUT2D eigenvalue weighted by molar-refractivity contribution is 7.20. The number of esters is 1. The van der Waals surface area contributed by atoms with Gasteiger partial charge in [-0.3, -0.25) is 4.79 Å². The second-order valence-electron chi connectivity index (χ2n) is 6.54. The van der Waals surface area contributed by atoms with E-state index in [0.717, 1.165) is 5.56 Å². The SMILES string of the molecule is CCOC(=O)c1sc2nc([C@H](C)N[C@H](C)c3ccccc3Cl)[nH]c(=O)c2c1C. The van der Waals surface area contributed by atoms with Gasteiger partial charge in [-0.2, -0.15) is 0 Å². The Labute approximate surface area is 171 Å². The first-order chi connectivity index (χ1) is 13.3. The molecule has 0 unspecified atom stereocenters. The molecule has 0 bridgehead atoms. The highest BCUT2D eigenvalue weighted by atomic mass is 35.5. The molecule has 3 aromatic rings. The Balaban J connectivity index is 1.92. The van der Waals surface area contributed by atoms with E-state index in [9.17, 15) is 9.59 Å². The third-order valence-corrected chi connectivity index (χ3v) is 6.07. The molecule has 0 spiro atoms. The van der Waals surface area contributed by atoms with Gasteiger partial charge in [0.15, 0.2) is 0 Å². The number of nitrogens with one attached hydrogen (secondary N) is 2. The second kappa shape index (κ2) is 8.43. The summed E-state index contributed by atoms with van der Waals surface area (Å²) in [4.78, 5) is 33.1. The van der Waals surface area contributed by atoms with Gasteiger partial charge in [-0.15, -0.1) is 11.3 Å². The monoisotopic (exact) mass is 419 g/mol. The molecule has 8 heteroatoms. The van der Waals surface area contributed by atoms with E-state index in [1.165, 1.54) is 11.3 Å². The quantitative estimate of drug-likeness (QED) is 0.573. The first kappa shape index (κ1) is 20.5. The Morgan fingerprint density at radius 3 is 2.71 bits per heavy atom. The minimum Gasteiger partial charge on any atom is -0.462 e. The van der Waals surface area contributed by atoms with Crippen molar-refractivity contribution in [3.8, 4) is 0 Å². The maximum absolute atomic E-state index is 12.6. The van der Waals surface area contributed by atoms with Crippen LogP contribution in [0.2, 0.25) is 5.02 Å². The van der Waals surface area contributed by atoms with Crippen LogP contribution in [0.3, 0.4) is 0 Å². The first-order valence-electron chi connectivity index (χ1n) is 9.04. The number of aromatic amines is 1. The number of H-pyrrole nitrogens is 1. The van der Waals surface area contributed by atoms with Crippen LogP contribution in [0.4, 0.5) is 0 Å². The van der Waals surface area contributed by atoms with Crippen molar-refractivity contribution in [2.45, 2.75) is 39.8 Å². The molecule has 6 nitrogen and oxygen atoms in total. The van der Waals surface area contributed by atoms with E-state index in [2.05, 4.69) is 15.3 Å². The van der Waals surface area contributed by atoms with Crippen molar-refractivity contribution in [3.63, 3.8) is 0 Å². The van der Waals surface area contributed by atoms with Crippen molar-refractivity contribution < 1.29 is 9.53 Å². The van der Waals surface area contributed by atoms with Crippen molar-refractivity contribution in [3.05, 3.63) is 61.5 Å². The molecule has 0 amide bonds. The molecule has 0 aliphatic heterocycles. The van der Waals surface area contributed by atoms with Crippen molar-refractivity contribution in [2.75, 3.05) is 6.61 Å². The first-order valence-corrected chi connectivity index (χ1v) is 10.2. The molecule has 1 aromatic carbocycles. The molecule has 3 rings (SSSR count). The number of benzene rings is 1. The molecule has 0 saturated carbocycles. The average molecular weight is 420 g/mol. The van der Waals surface area contributed by atoms with Gasteiger partial charge in [-0.25, -0.2) is 9.78 Å². The summed E-state index contributed by atoms with van der Waals surface area (Å²) in [6.45, 7) is 7.69. The number of carbonyl (C=O) groups is 1. The summed E-state index contributed by atoms with van der Waals surface area (Å²) in [5.74, 6) is 0.0792. The smallest absolute Gasteiger partial charge is 0.348 e. The van der Waals surface area contributed by atoms with Crippen molar-refractivity contribution in [1.82, 2.24) is 15.3 Å². The van der Waals surface area contributed by atoms with Crippen molar-refractivity contribution >= 4 is 39.1 Å². The number of aromatic nitrogens is 2. The van der Waals surface area contributed by atoms with Crippen LogP contribution >= 0.6 is 22.9 Å². The van der Waals surface area contributed by atoms with Crippen LogP contribution in [-0.4, -0.2) is 22.5 Å². The molecule has 2 N–H and O–H groups in total. The molecule has 0 aliphatic carbocycles. The number of halogens is 1. The number of carbonyl (C=O) groups excluding carboxylic acids is 1. The standard InChI is InChI=1S/C20H22ClN3O3S/c1-5-27-20(26)16-10(2)15-18(25)23-17(24-19(15)28-16)12(4)22-11(3)13-8-6-7-9-14(13)21/h6-9,11-12,22H,5H2,1-4H3,(H,23,24,25)/t11-,12+/m1/s1. The minimum absolute atomic E-state index is 0.0372. The number of thiophene rings is 1. The summed E-state index contributed by atoms with van der Waals surface area (Å²) in [5, 5.41) is 4.52. The lowest BCUT2D eigenvalue weighted by Crippen LogP contribution is -2.26. The fraction of sp³-hybridized carbons (Fsp3) is 0.350. The molecule has 148 valence electrons. The van der Waals surface area contributed by atoms with E-state index in [0.29, 0.717) is 31.5 Å². The number of aryl methyl sites for hydroxylation is 1. The van der Waals surface area contributed by atoms with Crippen LogP contribution in [-0.2, 0) is 4.74 Å². The van der Waals surface area contributed by atoms with E-state index < -0.39 is 5.97 Å². The Bertz CT molecular complexity index is 1080. The van der Waals surface area contributed by atoms with Crippen molar-refractivity contribution in [1.29, 1.82) is 0 Å². The zero-order chi connectivity index (χ0) is 20.4. The van der Waals surface area contributed by atoms with Crippen LogP contribution in [0.1, 0.15) is 59.5 Å². The lowest BCUT2D eigenvalue weighted by molar-refractivity contribution is 0.0531. The molecule has 0 fully saturated rings. The highest BCUT2D eigenvalue weighted by Gasteiger charge is 2.22. The fourth-order valence-electron chi connectivity index (χ4n) is 3.13. The Kier molecular flexibility index (Phi) is 6.17. The van der Waals surface area contributed by atoms with E-state index in [-0.39, 0.29) is 24.2 Å². The van der Waals surface area contributed by atoms with Crippen LogP contribution in [0.5, 0.6) is 0 Å². The maximum atomic E-state index is 12.6. The van der Waals surface area contributed by atoms with Gasteiger partial charge < -0.3 is 15.0 Å². The minimum atomic E-state index is -0.428. The van der Waals surface area contributed by atoms with Gasteiger partial charge in [0, 0.05) is 11.1 Å². The summed E-state index contributed by atoms with van der Waals surface area (Å²) < 4.78 is 5.08. The van der Waals surface area contributed by atoms with Crippen LogP contribution < -0.4 is 10.9 Å². The van der Waals surface area contributed by atoms with E-state index in [1.807, 2.05) is 38.1 Å². The van der Waals surface area contributed by atoms with Gasteiger partial charge >= 0.3 is 5.97 Å². The van der Waals surface area contributed by atoms with E-state index in [1.54, 1.807) is 13.8 Å². The lowest BCUT2D eigenvalue weighted by atomic mass is 10.1. The maximum Gasteiger partial charge on any atom is 0.348 e. The van der Waals surface area contributed by atoms with E-state index >= 15 is 0 Å². The normalized spacial score (nSPS) is 13.5. The van der Waals surface area contributed by atoms with Gasteiger partial charge in [0.1, 0.15) is 15.5 Å². The van der Waals surface area contributed by atoms with E-state index in [4.69, 9.17) is 16.3 Å². The number of hydrogen-bond acceptors (Lipinski definition) is 6. The number of ether oxygens (including phenoxy) is 1. The van der Waals surface area contributed by atoms with Gasteiger partial charge in [-0.1, -0.05) is 29.8 Å². The molecular formula is C20H22ClN3O3S. The zero-order valence-electron chi connectivity index (χ0n) is 16.1. The second-order valence-corrected chi connectivity index (χ2v) is 7.95. The number of nitrogens with zero attached hydrogens (tertiary/aromatic N) is 1. The number of hydrogen-bond donors (Lipinski definition) is 2. The fourth-order valence-corrected chi connectivity index (χ4v) is 4.51. The summed E-state index contributed by atoms with van der Waals surface area (Å²) >= 11 is 7.45. The average Bonchev–Trinajstić information content (AvgIpc) is 2.99. The highest BCUT2D eigenvalue weighted by Crippen LogP contribution is 2.29. The zero-order valence-corrected chi connectivity index (χ0v) is 17.7. The summed E-state index contributed by atoms with van der Waals surface area (Å²) in [5.41, 5.74) is 1.31. The molecule has 0 radical (unpaired) electrons. The van der Waals surface area contributed by atoms with Crippen LogP contribution in [0.15, 0.2) is 29.1 Å². The molecule has 0 saturated heterocycles. The Morgan fingerprint density at radius 2 is 2.04 bits per heavy atom. The topological polar surface area (TPSA) is 84.1 Å². The molecule has 2 atom stereocenters. The third-order valence-electron chi connectivity index (χ3n) is 4.56. The number of rotatable bonds is 6. The molecular weight excluding hydrogens is 398 g/mol. The van der Waals surface area contributed by atoms with Gasteiger partial charge in [-0.05, 0) is 44.9 Å². The molecule has 2 heterocycles. The van der Waals surface area contributed by atoms with Gasteiger partial charge in [0.05, 0.1) is 18.0 Å². The molecule has 0 aliphatic rings. The van der Waals surface area contributed by atoms with Gasteiger partial charge in [0.2, 0.25) is 0 Å². The summed E-state index contributed by atoms with van der Waals surface area (Å²) in [6.07, 6.45) is 0. The Hall–Kier alpha value is -2.22. The predicted molar refractivity (Wildman–Crippen MR) is 112 cm³/mol. The van der Waals surface area contributed by atoms with Crippen LogP contribution in [0, 0.1) is 6.92 Å². The lowest BCUT2D eigenvalue weighted by Gasteiger charge is -2.20. The van der Waals surface area contributed by atoms with Crippen LogP contribution in [0.25, 0.3) is 10.2 Å². The summed E-state index contributed by atoms with van der Waals surface area (Å²) in [6, 6.07) is 7.36. The predicted octanol–water partition coefficient (Wildman–Crippen LogP) is 4.53. The Morgan fingerprint density at radius 1 is 1.32 bits per heavy atom. The third kappa shape index (κ3) is 3.97. The largest absolute Gasteiger partial charge is 0.462 e. The summed E-state index contributed by atoms with van der Waals surface area (Å²) in [7, 11) is 0. The molecule has 2 aromatic heterocycles. The van der Waals surface area contributed by atoms with Gasteiger partial charge in [0.25, 0.3) is 5.56 Å². The number of fused-ring (bicyclic) bond motifs is 1.